The van der Waals surface area contributed by atoms with Crippen LogP contribution in [0.5, 0.6) is 0 Å². The van der Waals surface area contributed by atoms with E-state index in [9.17, 15) is 4.79 Å². The number of aromatic nitrogens is 2. The molecule has 0 aliphatic carbocycles. The summed E-state index contributed by atoms with van der Waals surface area (Å²) in [5.74, 6) is 0.196. The van der Waals surface area contributed by atoms with Gasteiger partial charge in [-0.3, -0.25) is 9.89 Å². The maximum Gasteiger partial charge on any atom is 0.269 e. The van der Waals surface area contributed by atoms with Crippen molar-refractivity contribution >= 4 is 11.7 Å². The summed E-state index contributed by atoms with van der Waals surface area (Å²) in [6, 6.07) is 1.53. The van der Waals surface area contributed by atoms with Gasteiger partial charge in [0.05, 0.1) is 0 Å². The van der Waals surface area contributed by atoms with Crippen molar-refractivity contribution in [2.75, 3.05) is 12.3 Å². The molecule has 5 heteroatoms. The average molecular weight is 210 g/mol. The lowest BCUT2D eigenvalue weighted by molar-refractivity contribution is 0.0948. The molecule has 1 heterocycles. The molecule has 4 N–H and O–H groups in total. The van der Waals surface area contributed by atoms with Gasteiger partial charge in [0.15, 0.2) is 0 Å². The highest BCUT2D eigenvalue weighted by atomic mass is 16.1. The maximum atomic E-state index is 11.5. The van der Waals surface area contributed by atoms with Crippen LogP contribution in [-0.2, 0) is 0 Å². The van der Waals surface area contributed by atoms with Crippen LogP contribution in [0, 0.1) is 0 Å². The highest BCUT2D eigenvalue weighted by Gasteiger charge is 2.06. The van der Waals surface area contributed by atoms with E-state index in [1.54, 1.807) is 0 Å². The van der Waals surface area contributed by atoms with Crippen LogP contribution in [0.3, 0.4) is 0 Å². The van der Waals surface area contributed by atoms with Crippen molar-refractivity contribution in [2.45, 2.75) is 32.6 Å². The molecule has 1 aromatic heterocycles. The standard InChI is InChI=1S/C10H18N4O/c1-2-3-4-5-6-12-10(15)8-7-9(11)14-13-8/h7H,2-6H2,1H3,(H,12,15)(H3,11,13,14). The van der Waals surface area contributed by atoms with E-state index in [1.165, 1.54) is 18.9 Å². The largest absolute Gasteiger partial charge is 0.382 e. The number of carbonyl (C=O) groups excluding carboxylic acids is 1. The quantitative estimate of drug-likeness (QED) is 0.619. The number of carbonyl (C=O) groups is 1. The first kappa shape index (κ1) is 11.6. The first-order valence-corrected chi connectivity index (χ1v) is 5.33. The summed E-state index contributed by atoms with van der Waals surface area (Å²) in [5, 5.41) is 9.06. The molecule has 0 aromatic carbocycles. The molecule has 0 atom stereocenters. The number of nitrogens with two attached hydrogens (primary N) is 1. The van der Waals surface area contributed by atoms with E-state index in [-0.39, 0.29) is 5.91 Å². The predicted molar refractivity (Wildman–Crippen MR) is 59.5 cm³/mol. The second-order valence-electron chi connectivity index (χ2n) is 3.52. The zero-order chi connectivity index (χ0) is 11.1. The van der Waals surface area contributed by atoms with Crippen molar-refractivity contribution in [1.82, 2.24) is 15.5 Å². The van der Waals surface area contributed by atoms with E-state index in [2.05, 4.69) is 22.4 Å². The fourth-order valence-electron chi connectivity index (χ4n) is 1.30. The van der Waals surface area contributed by atoms with Gasteiger partial charge in [-0.1, -0.05) is 26.2 Å². The predicted octanol–water partition coefficient (Wildman–Crippen LogP) is 1.30. The molecular formula is C10H18N4O. The van der Waals surface area contributed by atoms with E-state index in [1.807, 2.05) is 0 Å². The van der Waals surface area contributed by atoms with Crippen molar-refractivity contribution < 1.29 is 4.79 Å². The van der Waals surface area contributed by atoms with Crippen LogP contribution < -0.4 is 11.1 Å². The normalized spacial score (nSPS) is 10.2. The lowest BCUT2D eigenvalue weighted by atomic mass is 10.2. The van der Waals surface area contributed by atoms with E-state index < -0.39 is 0 Å². The van der Waals surface area contributed by atoms with Crippen molar-refractivity contribution in [3.05, 3.63) is 11.8 Å². The van der Waals surface area contributed by atoms with Gasteiger partial charge in [0.25, 0.3) is 5.91 Å². The lowest BCUT2D eigenvalue weighted by Gasteiger charge is -2.02. The number of anilines is 1. The monoisotopic (exact) mass is 210 g/mol. The zero-order valence-electron chi connectivity index (χ0n) is 9.05. The Morgan fingerprint density at radius 1 is 1.53 bits per heavy atom. The number of nitrogen functional groups attached to an aromatic ring is 1. The molecule has 0 fully saturated rings. The molecule has 15 heavy (non-hydrogen) atoms. The van der Waals surface area contributed by atoms with Crippen LogP contribution in [0.25, 0.3) is 0 Å². The van der Waals surface area contributed by atoms with E-state index >= 15 is 0 Å². The molecule has 0 radical (unpaired) electrons. The van der Waals surface area contributed by atoms with Gasteiger partial charge < -0.3 is 11.1 Å². The van der Waals surface area contributed by atoms with Crippen molar-refractivity contribution in [1.29, 1.82) is 0 Å². The van der Waals surface area contributed by atoms with Crippen LogP contribution >= 0.6 is 0 Å². The molecule has 84 valence electrons. The molecule has 0 spiro atoms. The van der Waals surface area contributed by atoms with Crippen molar-refractivity contribution in [2.24, 2.45) is 0 Å². The molecule has 0 saturated heterocycles. The molecule has 0 aliphatic rings. The minimum atomic E-state index is -0.143. The first-order chi connectivity index (χ1) is 7.24. The van der Waals surface area contributed by atoms with Crippen LogP contribution in [0.2, 0.25) is 0 Å². The summed E-state index contributed by atoms with van der Waals surface area (Å²) >= 11 is 0. The smallest absolute Gasteiger partial charge is 0.269 e. The van der Waals surface area contributed by atoms with Gasteiger partial charge in [0.1, 0.15) is 11.5 Å². The Labute approximate surface area is 89.4 Å². The Bertz CT molecular complexity index is 308. The highest BCUT2D eigenvalue weighted by Crippen LogP contribution is 2.01. The number of unbranched alkanes of at least 4 members (excludes halogenated alkanes) is 3. The van der Waals surface area contributed by atoms with Crippen LogP contribution in [0.4, 0.5) is 5.82 Å². The van der Waals surface area contributed by atoms with Gasteiger partial charge in [-0.15, -0.1) is 0 Å². The average Bonchev–Trinajstić information content (AvgIpc) is 2.64. The first-order valence-electron chi connectivity index (χ1n) is 5.33. The summed E-state index contributed by atoms with van der Waals surface area (Å²) in [4.78, 5) is 11.5. The Morgan fingerprint density at radius 3 is 2.93 bits per heavy atom. The lowest BCUT2D eigenvalue weighted by Crippen LogP contribution is -2.24. The maximum absolute atomic E-state index is 11.5. The SMILES string of the molecule is CCCCCCNC(=O)c1cc(N)n[nH]1. The molecule has 1 rings (SSSR count). The molecule has 0 aliphatic heterocycles. The van der Waals surface area contributed by atoms with E-state index in [4.69, 9.17) is 5.73 Å². The third kappa shape index (κ3) is 4.01. The molecule has 5 nitrogen and oxygen atoms in total. The highest BCUT2D eigenvalue weighted by molar-refractivity contribution is 5.92. The van der Waals surface area contributed by atoms with Gasteiger partial charge in [-0.05, 0) is 6.42 Å². The summed E-state index contributed by atoms with van der Waals surface area (Å²) in [5.41, 5.74) is 5.81. The fraction of sp³-hybridized carbons (Fsp3) is 0.600. The number of hydrogen-bond donors (Lipinski definition) is 3. The number of aromatic amines is 1. The molecule has 0 bridgehead atoms. The molecular weight excluding hydrogens is 192 g/mol. The van der Waals surface area contributed by atoms with Gasteiger partial charge in [-0.2, -0.15) is 5.10 Å². The Kier molecular flexibility index (Phi) is 4.66. The zero-order valence-corrected chi connectivity index (χ0v) is 9.05. The van der Waals surface area contributed by atoms with Gasteiger partial charge in [0.2, 0.25) is 0 Å². The second-order valence-corrected chi connectivity index (χ2v) is 3.52. The summed E-state index contributed by atoms with van der Waals surface area (Å²) in [6.07, 6.45) is 4.59. The molecule has 1 aromatic rings. The fourth-order valence-corrected chi connectivity index (χ4v) is 1.30. The van der Waals surface area contributed by atoms with E-state index in [0.29, 0.717) is 18.1 Å². The molecule has 0 saturated carbocycles. The topological polar surface area (TPSA) is 83.8 Å². The summed E-state index contributed by atoms with van der Waals surface area (Å²) < 4.78 is 0. The van der Waals surface area contributed by atoms with Crippen LogP contribution in [0.15, 0.2) is 6.07 Å². The second kappa shape index (κ2) is 6.06. The summed E-state index contributed by atoms with van der Waals surface area (Å²) in [7, 11) is 0. The van der Waals surface area contributed by atoms with Gasteiger partial charge in [-0.25, -0.2) is 0 Å². The van der Waals surface area contributed by atoms with Crippen molar-refractivity contribution in [3.8, 4) is 0 Å². The van der Waals surface area contributed by atoms with Crippen LogP contribution in [0.1, 0.15) is 43.1 Å². The van der Waals surface area contributed by atoms with Gasteiger partial charge in [0, 0.05) is 12.6 Å². The summed E-state index contributed by atoms with van der Waals surface area (Å²) in [6.45, 7) is 2.86. The van der Waals surface area contributed by atoms with Crippen LogP contribution in [-0.4, -0.2) is 22.6 Å². The Hall–Kier alpha value is -1.52. The van der Waals surface area contributed by atoms with Crippen molar-refractivity contribution in [3.63, 3.8) is 0 Å². The number of hydrogen-bond acceptors (Lipinski definition) is 3. The minimum absolute atomic E-state index is 0.143. The molecule has 1 amide bonds. The molecule has 0 unspecified atom stereocenters. The number of nitrogens with zero attached hydrogens (tertiary/aromatic N) is 1. The number of amides is 1. The third-order valence-electron chi connectivity index (χ3n) is 2.16. The van der Waals surface area contributed by atoms with Gasteiger partial charge >= 0.3 is 0 Å². The number of nitrogens with one attached hydrogen (secondary N) is 2. The van der Waals surface area contributed by atoms with E-state index in [0.717, 1.165) is 12.8 Å². The number of H-pyrrole nitrogens is 1. The third-order valence-corrected chi connectivity index (χ3v) is 2.16. The number of rotatable bonds is 6. The Balaban J connectivity index is 2.19. The Morgan fingerprint density at radius 2 is 2.33 bits per heavy atom. The minimum Gasteiger partial charge on any atom is -0.382 e.